The van der Waals surface area contributed by atoms with E-state index < -0.39 is 0 Å². The van der Waals surface area contributed by atoms with Crippen molar-refractivity contribution in [3.05, 3.63) is 66.4 Å². The molecule has 1 heterocycles. The third-order valence-electron chi connectivity index (χ3n) is 2.80. The Labute approximate surface area is 97.4 Å². The second-order valence-corrected chi connectivity index (χ2v) is 3.92. The highest BCUT2D eigenvalue weighted by Gasteiger charge is 2.20. The molecule has 0 bridgehead atoms. The summed E-state index contributed by atoms with van der Waals surface area (Å²) in [7, 11) is 0. The van der Waals surface area contributed by atoms with Crippen molar-refractivity contribution >= 4 is 5.69 Å². The predicted octanol–water partition coefficient (Wildman–Crippen LogP) is 3.91. The Morgan fingerprint density at radius 1 is 1.25 bits per heavy atom. The van der Waals surface area contributed by atoms with Gasteiger partial charge in [0, 0.05) is 17.9 Å². The summed E-state index contributed by atoms with van der Waals surface area (Å²) in [5.41, 5.74) is 3.71. The van der Waals surface area contributed by atoms with Crippen LogP contribution in [0.2, 0.25) is 0 Å². The van der Waals surface area contributed by atoms with Gasteiger partial charge in [0.25, 0.3) is 0 Å². The summed E-state index contributed by atoms with van der Waals surface area (Å²) in [4.78, 5) is 2.32. The van der Waals surface area contributed by atoms with E-state index in [1.54, 1.807) is 0 Å². The van der Waals surface area contributed by atoms with Gasteiger partial charge in [0.2, 0.25) is 0 Å². The molecule has 1 aliphatic heterocycles. The minimum absolute atomic E-state index is 1.03. The number of nitrogens with zero attached hydrogens (tertiary/aromatic N) is 1. The number of anilines is 1. The first kappa shape index (κ1) is 10.7. The Hall–Kier alpha value is -1.76. The summed E-state index contributed by atoms with van der Waals surface area (Å²) in [5, 5.41) is 0. The van der Waals surface area contributed by atoms with Crippen molar-refractivity contribution in [1.29, 1.82) is 0 Å². The molecule has 1 saturated heterocycles. The van der Waals surface area contributed by atoms with Crippen LogP contribution in [0.3, 0.4) is 0 Å². The van der Waals surface area contributed by atoms with Crippen LogP contribution in [-0.2, 0) is 0 Å². The van der Waals surface area contributed by atoms with E-state index in [9.17, 15) is 0 Å². The van der Waals surface area contributed by atoms with Gasteiger partial charge in [-0.1, -0.05) is 36.9 Å². The molecule has 0 aliphatic carbocycles. The van der Waals surface area contributed by atoms with Gasteiger partial charge in [0.1, 0.15) is 0 Å². The standard InChI is InChI=1S/C15H17N/c1-3-4-10-15-13(2)11-12-16(15)14-8-6-5-7-9-14/h3-10H,2,11-12H2,1H3/b4-3-,15-10+. The fourth-order valence-corrected chi connectivity index (χ4v) is 1.96. The van der Waals surface area contributed by atoms with Gasteiger partial charge in [0.15, 0.2) is 0 Å². The van der Waals surface area contributed by atoms with Crippen LogP contribution >= 0.6 is 0 Å². The van der Waals surface area contributed by atoms with Crippen molar-refractivity contribution in [2.75, 3.05) is 11.4 Å². The number of benzene rings is 1. The van der Waals surface area contributed by atoms with Gasteiger partial charge < -0.3 is 4.90 Å². The topological polar surface area (TPSA) is 3.24 Å². The van der Waals surface area contributed by atoms with Crippen molar-refractivity contribution in [1.82, 2.24) is 0 Å². The van der Waals surface area contributed by atoms with Gasteiger partial charge in [0.05, 0.1) is 0 Å². The molecule has 1 aromatic carbocycles. The highest BCUT2D eigenvalue weighted by atomic mass is 15.2. The molecular formula is C15H17N. The number of hydrogen-bond acceptors (Lipinski definition) is 1. The molecule has 16 heavy (non-hydrogen) atoms. The summed E-state index contributed by atoms with van der Waals surface area (Å²) in [6, 6.07) is 10.5. The van der Waals surface area contributed by atoms with Gasteiger partial charge in [-0.25, -0.2) is 0 Å². The Morgan fingerprint density at radius 2 is 2.00 bits per heavy atom. The van der Waals surface area contributed by atoms with E-state index >= 15 is 0 Å². The first-order valence-electron chi connectivity index (χ1n) is 5.66. The number of rotatable bonds is 2. The zero-order valence-corrected chi connectivity index (χ0v) is 9.69. The first-order chi connectivity index (χ1) is 7.83. The van der Waals surface area contributed by atoms with Crippen molar-refractivity contribution in [2.24, 2.45) is 0 Å². The van der Waals surface area contributed by atoms with E-state index in [1.807, 2.05) is 19.1 Å². The van der Waals surface area contributed by atoms with E-state index in [0.717, 1.165) is 13.0 Å². The SMILES string of the molecule is C=C1CCN(c2ccccc2)/C1=C/C=C\C. The van der Waals surface area contributed by atoms with E-state index in [0.29, 0.717) is 0 Å². The molecule has 0 aromatic heterocycles. The van der Waals surface area contributed by atoms with Crippen LogP contribution in [-0.4, -0.2) is 6.54 Å². The fourth-order valence-electron chi connectivity index (χ4n) is 1.96. The highest BCUT2D eigenvalue weighted by Crippen LogP contribution is 2.31. The summed E-state index contributed by atoms with van der Waals surface area (Å²) in [5.74, 6) is 0. The van der Waals surface area contributed by atoms with Crippen LogP contribution in [0.25, 0.3) is 0 Å². The van der Waals surface area contributed by atoms with Crippen LogP contribution in [0.4, 0.5) is 5.69 Å². The maximum absolute atomic E-state index is 4.12. The minimum Gasteiger partial charge on any atom is -0.341 e. The highest BCUT2D eigenvalue weighted by molar-refractivity contribution is 5.60. The lowest BCUT2D eigenvalue weighted by atomic mass is 10.2. The second-order valence-electron chi connectivity index (χ2n) is 3.92. The maximum Gasteiger partial charge on any atom is 0.0437 e. The molecule has 1 fully saturated rings. The summed E-state index contributed by atoms with van der Waals surface area (Å²) in [6.45, 7) is 7.18. The Balaban J connectivity index is 2.31. The molecule has 1 nitrogen and oxygen atoms in total. The largest absolute Gasteiger partial charge is 0.341 e. The normalized spacial score (nSPS) is 18.9. The predicted molar refractivity (Wildman–Crippen MR) is 70.4 cm³/mol. The molecule has 0 saturated carbocycles. The molecular weight excluding hydrogens is 194 g/mol. The van der Waals surface area contributed by atoms with Crippen molar-refractivity contribution < 1.29 is 0 Å². The molecule has 1 aliphatic rings. The van der Waals surface area contributed by atoms with E-state index in [4.69, 9.17) is 0 Å². The van der Waals surface area contributed by atoms with E-state index in [1.165, 1.54) is 17.0 Å². The zero-order chi connectivity index (χ0) is 11.4. The van der Waals surface area contributed by atoms with E-state index in [-0.39, 0.29) is 0 Å². The molecule has 0 amide bonds. The number of para-hydroxylation sites is 1. The van der Waals surface area contributed by atoms with Crippen molar-refractivity contribution in [3.63, 3.8) is 0 Å². The Kier molecular flexibility index (Phi) is 3.25. The third-order valence-corrected chi connectivity index (χ3v) is 2.80. The number of hydrogen-bond donors (Lipinski definition) is 0. The smallest absolute Gasteiger partial charge is 0.0437 e. The van der Waals surface area contributed by atoms with Crippen LogP contribution < -0.4 is 4.90 Å². The molecule has 0 unspecified atom stereocenters. The molecule has 0 N–H and O–H groups in total. The lowest BCUT2D eigenvalue weighted by Gasteiger charge is -2.19. The summed E-state index contributed by atoms with van der Waals surface area (Å²) >= 11 is 0. The molecule has 82 valence electrons. The molecule has 1 heteroatoms. The lowest BCUT2D eigenvalue weighted by molar-refractivity contribution is 1.00. The molecule has 2 rings (SSSR count). The van der Waals surface area contributed by atoms with Crippen LogP contribution in [0.5, 0.6) is 0 Å². The fraction of sp³-hybridized carbons (Fsp3) is 0.200. The minimum atomic E-state index is 1.03. The quantitative estimate of drug-likeness (QED) is 0.716. The Bertz CT molecular complexity index is 426. The van der Waals surface area contributed by atoms with Gasteiger partial charge in [-0.3, -0.25) is 0 Å². The molecule has 0 spiro atoms. The number of allylic oxidation sites excluding steroid dienone is 4. The van der Waals surface area contributed by atoms with Crippen LogP contribution in [0, 0.1) is 0 Å². The average Bonchev–Trinajstić information content (AvgIpc) is 2.69. The van der Waals surface area contributed by atoms with Crippen LogP contribution in [0.15, 0.2) is 66.4 Å². The van der Waals surface area contributed by atoms with Gasteiger partial charge in [-0.15, -0.1) is 0 Å². The monoisotopic (exact) mass is 211 g/mol. The van der Waals surface area contributed by atoms with Gasteiger partial charge in [-0.05, 0) is 37.1 Å². The molecule has 0 radical (unpaired) electrons. The Morgan fingerprint density at radius 3 is 2.69 bits per heavy atom. The maximum atomic E-state index is 4.12. The third kappa shape index (κ3) is 2.08. The first-order valence-corrected chi connectivity index (χ1v) is 5.66. The zero-order valence-electron chi connectivity index (χ0n) is 9.69. The van der Waals surface area contributed by atoms with Crippen molar-refractivity contribution in [3.8, 4) is 0 Å². The average molecular weight is 211 g/mol. The second kappa shape index (κ2) is 4.84. The van der Waals surface area contributed by atoms with Crippen LogP contribution in [0.1, 0.15) is 13.3 Å². The van der Waals surface area contributed by atoms with E-state index in [2.05, 4.69) is 47.9 Å². The van der Waals surface area contributed by atoms with Gasteiger partial charge in [-0.2, -0.15) is 0 Å². The van der Waals surface area contributed by atoms with Gasteiger partial charge >= 0.3 is 0 Å². The molecule has 1 aromatic rings. The summed E-state index contributed by atoms with van der Waals surface area (Å²) < 4.78 is 0. The summed E-state index contributed by atoms with van der Waals surface area (Å²) in [6.07, 6.45) is 7.31. The lowest BCUT2D eigenvalue weighted by Crippen LogP contribution is -2.15. The molecule has 0 atom stereocenters. The van der Waals surface area contributed by atoms with Crippen molar-refractivity contribution in [2.45, 2.75) is 13.3 Å².